The van der Waals surface area contributed by atoms with Crippen molar-refractivity contribution in [1.82, 2.24) is 9.71 Å². The minimum atomic E-state index is -3.19. The molecule has 4 nitrogen and oxygen atoms in total. The van der Waals surface area contributed by atoms with E-state index < -0.39 is 10.0 Å². The molecule has 0 amide bonds. The Morgan fingerprint density at radius 2 is 2.16 bits per heavy atom. The summed E-state index contributed by atoms with van der Waals surface area (Å²) < 4.78 is 26.0. The molecule has 0 fully saturated rings. The Balaban J connectivity index is 2.18. The van der Waals surface area contributed by atoms with E-state index in [0.717, 1.165) is 16.1 Å². The van der Waals surface area contributed by atoms with Crippen LogP contribution in [0.5, 0.6) is 0 Å². The van der Waals surface area contributed by atoms with Gasteiger partial charge in [-0.25, -0.2) is 13.1 Å². The molecular formula is C13H16N2O2S2. The molecule has 102 valence electrons. The molecule has 19 heavy (non-hydrogen) atoms. The summed E-state index contributed by atoms with van der Waals surface area (Å²) in [6.07, 6.45) is 2.33. The molecule has 6 heteroatoms. The molecule has 0 radical (unpaired) electrons. The van der Waals surface area contributed by atoms with Crippen LogP contribution in [0.3, 0.4) is 0 Å². The Labute approximate surface area is 117 Å². The van der Waals surface area contributed by atoms with Gasteiger partial charge in [-0.1, -0.05) is 19.1 Å². The SMILES string of the molecule is CCCS(=O)(=O)NCc1cccnc1-c1cccs1. The van der Waals surface area contributed by atoms with E-state index in [0.29, 0.717) is 6.42 Å². The molecule has 0 aliphatic heterocycles. The minimum absolute atomic E-state index is 0.154. The first-order chi connectivity index (χ1) is 9.12. The highest BCUT2D eigenvalue weighted by Crippen LogP contribution is 2.25. The number of hydrogen-bond acceptors (Lipinski definition) is 4. The lowest BCUT2D eigenvalue weighted by molar-refractivity contribution is 0.580. The summed E-state index contributed by atoms with van der Waals surface area (Å²) in [5.41, 5.74) is 1.74. The molecule has 0 spiro atoms. The van der Waals surface area contributed by atoms with E-state index in [4.69, 9.17) is 0 Å². The minimum Gasteiger partial charge on any atom is -0.255 e. The van der Waals surface area contributed by atoms with Gasteiger partial charge in [-0.3, -0.25) is 4.98 Å². The van der Waals surface area contributed by atoms with Gasteiger partial charge >= 0.3 is 0 Å². The van der Waals surface area contributed by atoms with E-state index in [1.165, 1.54) is 0 Å². The number of nitrogens with zero attached hydrogens (tertiary/aromatic N) is 1. The van der Waals surface area contributed by atoms with Crippen LogP contribution in [0.15, 0.2) is 35.8 Å². The maximum absolute atomic E-state index is 11.7. The average Bonchev–Trinajstić information content (AvgIpc) is 2.90. The molecule has 0 saturated heterocycles. The Kier molecular flexibility index (Phi) is 4.68. The molecule has 0 saturated carbocycles. The van der Waals surface area contributed by atoms with Gasteiger partial charge in [-0.15, -0.1) is 11.3 Å². The van der Waals surface area contributed by atoms with Gasteiger partial charge in [-0.05, 0) is 29.5 Å². The summed E-state index contributed by atoms with van der Waals surface area (Å²) in [5, 5.41) is 1.98. The van der Waals surface area contributed by atoms with E-state index >= 15 is 0 Å². The molecular weight excluding hydrogens is 280 g/mol. The summed E-state index contributed by atoms with van der Waals surface area (Å²) in [6.45, 7) is 2.13. The van der Waals surface area contributed by atoms with Gasteiger partial charge in [0.1, 0.15) is 0 Å². The second-order valence-electron chi connectivity index (χ2n) is 4.13. The Hall–Kier alpha value is -1.24. The van der Waals surface area contributed by atoms with E-state index in [-0.39, 0.29) is 12.3 Å². The molecule has 0 aliphatic carbocycles. The van der Waals surface area contributed by atoms with Crippen molar-refractivity contribution in [3.63, 3.8) is 0 Å². The van der Waals surface area contributed by atoms with Crippen LogP contribution in [-0.4, -0.2) is 19.2 Å². The fourth-order valence-electron chi connectivity index (χ4n) is 1.75. The highest BCUT2D eigenvalue weighted by molar-refractivity contribution is 7.89. The molecule has 2 heterocycles. The Morgan fingerprint density at radius 1 is 1.32 bits per heavy atom. The zero-order valence-corrected chi connectivity index (χ0v) is 12.3. The molecule has 0 bridgehead atoms. The Morgan fingerprint density at radius 3 is 2.84 bits per heavy atom. The zero-order chi connectivity index (χ0) is 13.7. The molecule has 0 aromatic carbocycles. The van der Waals surface area contributed by atoms with Crippen molar-refractivity contribution in [3.05, 3.63) is 41.4 Å². The standard InChI is InChI=1S/C13H16N2O2S2/c1-2-9-19(16,17)15-10-11-5-3-7-14-13(11)12-6-4-8-18-12/h3-8,15H,2,9-10H2,1H3. The highest BCUT2D eigenvalue weighted by atomic mass is 32.2. The molecule has 0 unspecified atom stereocenters. The number of pyridine rings is 1. The average molecular weight is 296 g/mol. The van der Waals surface area contributed by atoms with Crippen molar-refractivity contribution < 1.29 is 8.42 Å². The van der Waals surface area contributed by atoms with Crippen LogP contribution >= 0.6 is 11.3 Å². The highest BCUT2D eigenvalue weighted by Gasteiger charge is 2.11. The van der Waals surface area contributed by atoms with Crippen molar-refractivity contribution in [2.75, 3.05) is 5.75 Å². The van der Waals surface area contributed by atoms with Crippen LogP contribution in [0.2, 0.25) is 0 Å². The number of nitrogens with one attached hydrogen (secondary N) is 1. The van der Waals surface area contributed by atoms with Crippen LogP contribution in [0, 0.1) is 0 Å². The fraction of sp³-hybridized carbons (Fsp3) is 0.308. The summed E-state index contributed by atoms with van der Waals surface area (Å²) in [4.78, 5) is 5.39. The smallest absolute Gasteiger partial charge is 0.211 e. The van der Waals surface area contributed by atoms with Crippen LogP contribution in [0.25, 0.3) is 10.6 Å². The molecule has 1 N–H and O–H groups in total. The van der Waals surface area contributed by atoms with Crippen molar-refractivity contribution in [1.29, 1.82) is 0 Å². The lowest BCUT2D eigenvalue weighted by atomic mass is 10.2. The van der Waals surface area contributed by atoms with Crippen molar-refractivity contribution in [2.24, 2.45) is 0 Å². The van der Waals surface area contributed by atoms with Crippen LogP contribution in [0.4, 0.5) is 0 Å². The van der Waals surface area contributed by atoms with Gasteiger partial charge in [0.2, 0.25) is 10.0 Å². The predicted molar refractivity (Wildman–Crippen MR) is 78.5 cm³/mol. The number of thiophene rings is 1. The predicted octanol–water partition coefficient (Wildman–Crippen LogP) is 2.64. The first-order valence-electron chi connectivity index (χ1n) is 6.07. The maximum Gasteiger partial charge on any atom is 0.211 e. The van der Waals surface area contributed by atoms with Crippen LogP contribution in [0.1, 0.15) is 18.9 Å². The van der Waals surface area contributed by atoms with Gasteiger partial charge in [0.05, 0.1) is 16.3 Å². The van der Waals surface area contributed by atoms with E-state index in [1.807, 2.05) is 36.6 Å². The van der Waals surface area contributed by atoms with E-state index in [9.17, 15) is 8.42 Å². The largest absolute Gasteiger partial charge is 0.255 e. The number of hydrogen-bond donors (Lipinski definition) is 1. The molecule has 0 aliphatic rings. The first-order valence-corrected chi connectivity index (χ1v) is 8.60. The second-order valence-corrected chi connectivity index (χ2v) is 7.00. The second kappa shape index (κ2) is 6.27. The Bertz CT molecular complexity index is 622. The first kappa shape index (κ1) is 14.2. The quantitative estimate of drug-likeness (QED) is 0.891. The number of aromatic nitrogens is 1. The number of rotatable bonds is 6. The van der Waals surface area contributed by atoms with Crippen molar-refractivity contribution in [2.45, 2.75) is 19.9 Å². The van der Waals surface area contributed by atoms with Gasteiger partial charge in [0, 0.05) is 12.7 Å². The van der Waals surface area contributed by atoms with Crippen molar-refractivity contribution in [3.8, 4) is 10.6 Å². The summed E-state index contributed by atoms with van der Waals surface area (Å²) in [6, 6.07) is 7.66. The third kappa shape index (κ3) is 3.86. The lowest BCUT2D eigenvalue weighted by Gasteiger charge is -2.08. The summed E-state index contributed by atoms with van der Waals surface area (Å²) in [5.74, 6) is 0.154. The van der Waals surface area contributed by atoms with Crippen LogP contribution < -0.4 is 4.72 Å². The number of sulfonamides is 1. The third-order valence-corrected chi connectivity index (χ3v) is 5.01. The van der Waals surface area contributed by atoms with Gasteiger partial charge < -0.3 is 0 Å². The van der Waals surface area contributed by atoms with E-state index in [2.05, 4.69) is 9.71 Å². The fourth-order valence-corrected chi connectivity index (χ4v) is 3.56. The van der Waals surface area contributed by atoms with Gasteiger partial charge in [0.25, 0.3) is 0 Å². The summed E-state index contributed by atoms with van der Waals surface area (Å²) >= 11 is 1.59. The molecule has 2 aromatic heterocycles. The van der Waals surface area contributed by atoms with Crippen LogP contribution in [-0.2, 0) is 16.6 Å². The maximum atomic E-state index is 11.7. The van der Waals surface area contributed by atoms with E-state index in [1.54, 1.807) is 17.5 Å². The third-order valence-electron chi connectivity index (χ3n) is 2.60. The van der Waals surface area contributed by atoms with Gasteiger partial charge in [0.15, 0.2) is 0 Å². The molecule has 2 aromatic rings. The summed E-state index contributed by atoms with van der Waals surface area (Å²) in [7, 11) is -3.19. The zero-order valence-electron chi connectivity index (χ0n) is 10.7. The topological polar surface area (TPSA) is 59.1 Å². The normalized spacial score (nSPS) is 11.6. The van der Waals surface area contributed by atoms with Gasteiger partial charge in [-0.2, -0.15) is 0 Å². The monoisotopic (exact) mass is 296 g/mol. The lowest BCUT2D eigenvalue weighted by Crippen LogP contribution is -2.25. The van der Waals surface area contributed by atoms with Crippen molar-refractivity contribution >= 4 is 21.4 Å². The molecule has 2 rings (SSSR count). The molecule has 0 atom stereocenters.